The highest BCUT2D eigenvalue weighted by Gasteiger charge is 2.31. The van der Waals surface area contributed by atoms with E-state index in [1.807, 2.05) is 0 Å². The summed E-state index contributed by atoms with van der Waals surface area (Å²) in [7, 11) is 0. The van der Waals surface area contributed by atoms with Crippen LogP contribution in [0, 0.1) is 0 Å². The zero-order chi connectivity index (χ0) is 76.9. The first kappa shape index (κ1) is 82.1. The highest BCUT2D eigenvalue weighted by molar-refractivity contribution is 6.08. The molecule has 12 amide bonds. The SMILES string of the molecule is CCOC(=O)c1cc(NC(=O)[C@H](Cc2ccccc2)NC(=O)c2cc(NC(=O)[C@H](C)NC(=O)OC(C)(C)C)cc(NC(=O)[C@H](C)NC(=O)OC(C)(C)C)c2)cc(NC(=O)[C@H](Cc2ccccc2)NC(=O)c2cc(NC(=O)[C@H](C)NC(=O)OC(C)(C)C)cc(NC(=O)[C@H](C)NC(=O)OC(C)(C)C)c2)c1. The molecule has 5 rings (SSSR count). The van der Waals surface area contributed by atoms with Crippen molar-refractivity contribution in [2.24, 2.45) is 0 Å². The van der Waals surface area contributed by atoms with Crippen LogP contribution in [0.25, 0.3) is 0 Å². The van der Waals surface area contributed by atoms with E-state index < -0.39 is 136 Å². The van der Waals surface area contributed by atoms with Crippen LogP contribution < -0.4 is 63.8 Å². The monoisotopic (exact) mass is 1430 g/mol. The second-order valence-electron chi connectivity index (χ2n) is 28.0. The van der Waals surface area contributed by atoms with Crippen molar-refractivity contribution in [3.63, 3.8) is 0 Å². The van der Waals surface area contributed by atoms with Gasteiger partial charge in [0.15, 0.2) is 0 Å². The summed E-state index contributed by atoms with van der Waals surface area (Å²) in [6.45, 7) is 26.6. The molecule has 0 spiro atoms. The van der Waals surface area contributed by atoms with Crippen LogP contribution in [0.2, 0.25) is 0 Å². The molecular formula is C73H94N12O18. The number of alkyl carbamates (subject to hydrolysis) is 4. The van der Waals surface area contributed by atoms with Gasteiger partial charge in [-0.1, -0.05) is 60.7 Å². The van der Waals surface area contributed by atoms with Crippen LogP contribution >= 0.6 is 0 Å². The molecule has 0 unspecified atom stereocenters. The second kappa shape index (κ2) is 36.1. The normalized spacial score (nSPS) is 13.1. The van der Waals surface area contributed by atoms with Gasteiger partial charge in [-0.3, -0.25) is 38.4 Å². The molecule has 0 aliphatic heterocycles. The van der Waals surface area contributed by atoms with Crippen molar-refractivity contribution in [1.82, 2.24) is 31.9 Å². The predicted molar refractivity (Wildman–Crippen MR) is 385 cm³/mol. The largest absolute Gasteiger partial charge is 0.462 e. The number of rotatable bonds is 26. The average Bonchev–Trinajstić information content (AvgIpc) is 0.829. The van der Waals surface area contributed by atoms with Gasteiger partial charge in [0.1, 0.15) is 58.7 Å². The number of esters is 1. The summed E-state index contributed by atoms with van der Waals surface area (Å²) in [5.41, 5.74) is -3.50. The minimum Gasteiger partial charge on any atom is -0.462 e. The van der Waals surface area contributed by atoms with E-state index in [0.717, 1.165) is 0 Å². The average molecular weight is 1430 g/mol. The lowest BCUT2D eigenvalue weighted by molar-refractivity contribution is -0.118. The highest BCUT2D eigenvalue weighted by atomic mass is 16.6. The quantitative estimate of drug-likeness (QED) is 0.0181. The van der Waals surface area contributed by atoms with Gasteiger partial charge in [0, 0.05) is 58.1 Å². The second-order valence-corrected chi connectivity index (χ2v) is 28.0. The Hall–Kier alpha value is -11.6. The van der Waals surface area contributed by atoms with Crippen molar-refractivity contribution >= 4 is 112 Å². The number of hydrogen-bond donors (Lipinski definition) is 12. The summed E-state index contributed by atoms with van der Waals surface area (Å²) in [4.78, 5) is 178. The van der Waals surface area contributed by atoms with E-state index in [-0.39, 0.29) is 70.3 Å². The van der Waals surface area contributed by atoms with Gasteiger partial charge in [0.2, 0.25) is 35.4 Å². The van der Waals surface area contributed by atoms with Crippen molar-refractivity contribution in [1.29, 1.82) is 0 Å². The highest BCUT2D eigenvalue weighted by Crippen LogP contribution is 2.26. The molecule has 12 N–H and O–H groups in total. The first-order chi connectivity index (χ1) is 47.9. The maximum atomic E-state index is 14.9. The van der Waals surface area contributed by atoms with E-state index >= 15 is 0 Å². The molecule has 6 atom stereocenters. The van der Waals surface area contributed by atoms with Gasteiger partial charge >= 0.3 is 30.3 Å². The zero-order valence-electron chi connectivity index (χ0n) is 60.9. The Morgan fingerprint density at radius 1 is 0.320 bits per heavy atom. The summed E-state index contributed by atoms with van der Waals surface area (Å²) in [6.07, 6.45) is -3.89. The molecular weight excluding hydrogens is 1330 g/mol. The Kier molecular flexibility index (Phi) is 28.8. The summed E-state index contributed by atoms with van der Waals surface area (Å²) < 4.78 is 26.6. The maximum absolute atomic E-state index is 14.9. The lowest BCUT2D eigenvalue weighted by Crippen LogP contribution is -2.46. The van der Waals surface area contributed by atoms with E-state index in [2.05, 4.69) is 63.8 Å². The van der Waals surface area contributed by atoms with Gasteiger partial charge in [-0.15, -0.1) is 0 Å². The van der Waals surface area contributed by atoms with Crippen molar-refractivity contribution in [3.05, 3.63) is 143 Å². The van der Waals surface area contributed by atoms with Crippen molar-refractivity contribution in [3.8, 4) is 0 Å². The van der Waals surface area contributed by atoms with Crippen LogP contribution in [0.3, 0.4) is 0 Å². The van der Waals surface area contributed by atoms with Gasteiger partial charge in [0.05, 0.1) is 12.2 Å². The predicted octanol–water partition coefficient (Wildman–Crippen LogP) is 9.23. The summed E-state index contributed by atoms with van der Waals surface area (Å²) in [5.74, 6) is -7.50. The molecule has 554 valence electrons. The molecule has 0 saturated heterocycles. The van der Waals surface area contributed by atoms with Crippen molar-refractivity contribution in [2.75, 3.05) is 38.5 Å². The molecule has 0 fully saturated rings. The molecule has 0 aliphatic carbocycles. The Balaban J connectivity index is 1.52. The summed E-state index contributed by atoms with van der Waals surface area (Å²) in [6, 6.07) is 20.8. The number of carbonyl (C=O) groups is 13. The lowest BCUT2D eigenvalue weighted by Gasteiger charge is -2.23. The number of nitrogens with one attached hydrogen (secondary N) is 12. The Morgan fingerprint density at radius 2 is 0.553 bits per heavy atom. The lowest BCUT2D eigenvalue weighted by atomic mass is 10.0. The number of amides is 12. The fourth-order valence-corrected chi connectivity index (χ4v) is 9.17. The Bertz CT molecular complexity index is 3560. The standard InChI is InChI=1S/C73H94N12O18/c1-18-99-65(94)48-35-53(82-63(92)55(29-44-25-21-19-22-26-44)84-61(90)46-31-49(78-57(86)40(2)74-66(95)100-70(6,7)8)37-50(32-46)79-58(87)41(3)75-67(96)101-71(9,10)11)39-54(36-48)83-64(93)56(30-45-27-23-20-24-28-45)85-62(91)47-33-51(80-59(88)42(4)76-68(97)102-72(12,13)14)38-52(34-47)81-60(89)43(5)77-69(98)103-73(15,16)17/h19-28,31-43,55-56H,18,29-30H2,1-17H3,(H,74,95)(H,75,96)(H,76,97)(H,77,98)(H,78,86)(H,79,87)(H,80,88)(H,81,89)(H,82,92)(H,83,93)(H,84,90)(H,85,91)/t40-,41-,42-,43-,55-,56-/m0/s1. The fourth-order valence-electron chi connectivity index (χ4n) is 9.17. The van der Waals surface area contributed by atoms with Gasteiger partial charge in [-0.25, -0.2) is 24.0 Å². The van der Waals surface area contributed by atoms with E-state index in [1.165, 1.54) is 82.3 Å². The molecule has 0 heterocycles. The molecule has 5 aromatic carbocycles. The molecule has 103 heavy (non-hydrogen) atoms. The van der Waals surface area contributed by atoms with Gasteiger partial charge < -0.3 is 87.5 Å². The number of hydrogen-bond acceptors (Lipinski definition) is 18. The number of anilines is 6. The number of ether oxygens (including phenoxy) is 5. The number of benzene rings is 5. The topological polar surface area (TPSA) is 412 Å². The van der Waals surface area contributed by atoms with Crippen molar-refractivity contribution < 1.29 is 86.0 Å². The fraction of sp³-hybridized carbons (Fsp3) is 0.411. The molecule has 0 bridgehead atoms. The van der Waals surface area contributed by atoms with E-state index in [4.69, 9.17) is 23.7 Å². The van der Waals surface area contributed by atoms with Gasteiger partial charge in [-0.2, -0.15) is 0 Å². The minimum atomic E-state index is -1.45. The zero-order valence-corrected chi connectivity index (χ0v) is 60.9. The maximum Gasteiger partial charge on any atom is 0.408 e. The van der Waals surface area contributed by atoms with Crippen molar-refractivity contribution in [2.45, 2.75) is 189 Å². The molecule has 5 aromatic rings. The molecule has 30 heteroatoms. The Labute approximate surface area is 598 Å². The van der Waals surface area contributed by atoms with Crippen LogP contribution in [0.15, 0.2) is 115 Å². The number of carbonyl (C=O) groups excluding carboxylic acids is 13. The van der Waals surface area contributed by atoms with Crippen LogP contribution in [0.5, 0.6) is 0 Å². The molecule has 0 aliphatic rings. The Morgan fingerprint density at radius 3 is 0.786 bits per heavy atom. The smallest absolute Gasteiger partial charge is 0.408 e. The van der Waals surface area contributed by atoms with Crippen LogP contribution in [0.1, 0.15) is 160 Å². The first-order valence-corrected chi connectivity index (χ1v) is 33.1. The first-order valence-electron chi connectivity index (χ1n) is 33.1. The summed E-state index contributed by atoms with van der Waals surface area (Å²) in [5, 5.41) is 31.2. The van der Waals surface area contributed by atoms with E-state index in [1.54, 1.807) is 151 Å². The molecule has 0 aromatic heterocycles. The van der Waals surface area contributed by atoms with Gasteiger partial charge in [-0.05, 0) is 183 Å². The van der Waals surface area contributed by atoms with E-state index in [0.29, 0.717) is 11.1 Å². The van der Waals surface area contributed by atoms with Crippen LogP contribution in [-0.4, -0.2) is 143 Å². The molecule has 0 radical (unpaired) electrons. The third-order valence-electron chi connectivity index (χ3n) is 13.8. The third kappa shape index (κ3) is 29.3. The van der Waals surface area contributed by atoms with Gasteiger partial charge in [0.25, 0.3) is 11.8 Å². The van der Waals surface area contributed by atoms with Crippen LogP contribution in [-0.2, 0) is 65.3 Å². The van der Waals surface area contributed by atoms with E-state index in [9.17, 15) is 62.3 Å². The van der Waals surface area contributed by atoms with Crippen LogP contribution in [0.4, 0.5) is 53.3 Å². The molecule has 30 nitrogen and oxygen atoms in total. The summed E-state index contributed by atoms with van der Waals surface area (Å²) >= 11 is 0. The third-order valence-corrected chi connectivity index (χ3v) is 13.8. The molecule has 0 saturated carbocycles. The minimum absolute atomic E-state index is 0.0624.